The van der Waals surface area contributed by atoms with Gasteiger partial charge in [-0.05, 0) is 30.7 Å². The first kappa shape index (κ1) is 15.6. The van der Waals surface area contributed by atoms with Crippen LogP contribution in [-0.4, -0.2) is 16.1 Å². The fourth-order valence-corrected chi connectivity index (χ4v) is 2.64. The van der Waals surface area contributed by atoms with E-state index in [9.17, 15) is 5.26 Å². The monoisotopic (exact) mass is 319 g/mol. The van der Waals surface area contributed by atoms with Gasteiger partial charge in [0.05, 0.1) is 11.7 Å². The molecule has 3 aromatic rings. The number of nitrogens with zero attached hydrogens (tertiary/aromatic N) is 3. The van der Waals surface area contributed by atoms with E-state index in [1.165, 1.54) is 0 Å². The molecule has 3 rings (SSSR count). The maximum Gasteiger partial charge on any atom is 0.222 e. The van der Waals surface area contributed by atoms with Gasteiger partial charge in [-0.25, -0.2) is 4.98 Å². The molecule has 0 radical (unpaired) electrons. The molecule has 0 atom stereocenters. The minimum Gasteiger partial charge on any atom is -0.490 e. The molecule has 0 fully saturated rings. The summed E-state index contributed by atoms with van der Waals surface area (Å²) < 4.78 is 5.94. The molecule has 2 aromatic carbocycles. The summed E-state index contributed by atoms with van der Waals surface area (Å²) in [6.45, 7) is 3.87. The average Bonchev–Trinajstić information content (AvgIpc) is 2.53. The van der Waals surface area contributed by atoms with E-state index >= 15 is 0 Å². The highest BCUT2D eigenvalue weighted by Crippen LogP contribution is 2.39. The molecule has 4 N–H and O–H groups in total. The van der Waals surface area contributed by atoms with Crippen LogP contribution >= 0.6 is 0 Å². The third-order valence-electron chi connectivity index (χ3n) is 3.56. The average molecular weight is 319 g/mol. The van der Waals surface area contributed by atoms with Crippen LogP contribution in [0.4, 0.5) is 11.8 Å². The number of nitrogen functional groups attached to an aromatic ring is 2. The lowest BCUT2D eigenvalue weighted by molar-refractivity contribution is 0.244. The van der Waals surface area contributed by atoms with Crippen LogP contribution in [0.5, 0.6) is 5.75 Å². The lowest BCUT2D eigenvalue weighted by Crippen LogP contribution is -2.09. The number of anilines is 2. The largest absolute Gasteiger partial charge is 0.490 e. The van der Waals surface area contributed by atoms with Gasteiger partial charge in [-0.2, -0.15) is 10.2 Å². The Labute approximate surface area is 139 Å². The first-order chi connectivity index (χ1) is 11.5. The van der Waals surface area contributed by atoms with Crippen molar-refractivity contribution in [1.82, 2.24) is 9.97 Å². The summed E-state index contributed by atoms with van der Waals surface area (Å²) in [5.74, 6) is 0.700. The van der Waals surface area contributed by atoms with Crippen molar-refractivity contribution in [3.63, 3.8) is 0 Å². The minimum absolute atomic E-state index is 0.0185. The van der Waals surface area contributed by atoms with Crippen LogP contribution in [0, 0.1) is 11.3 Å². The van der Waals surface area contributed by atoms with E-state index in [1.54, 1.807) is 0 Å². The second-order valence-corrected chi connectivity index (χ2v) is 5.63. The van der Waals surface area contributed by atoms with Crippen LogP contribution in [-0.2, 0) is 0 Å². The quantitative estimate of drug-likeness (QED) is 0.767. The van der Waals surface area contributed by atoms with E-state index in [0.717, 1.165) is 10.8 Å². The third kappa shape index (κ3) is 2.68. The summed E-state index contributed by atoms with van der Waals surface area (Å²) >= 11 is 0. The van der Waals surface area contributed by atoms with E-state index in [-0.39, 0.29) is 23.4 Å². The van der Waals surface area contributed by atoms with Crippen molar-refractivity contribution in [2.24, 2.45) is 0 Å². The van der Waals surface area contributed by atoms with Crippen LogP contribution in [0.3, 0.4) is 0 Å². The molecule has 0 bridgehead atoms. The second kappa shape index (κ2) is 6.05. The third-order valence-corrected chi connectivity index (χ3v) is 3.56. The molecule has 1 heterocycles. The maximum atomic E-state index is 9.50. The molecule has 0 unspecified atom stereocenters. The molecule has 1 aromatic heterocycles. The Morgan fingerprint density at radius 2 is 1.83 bits per heavy atom. The molecule has 0 spiro atoms. The molecule has 0 amide bonds. The van der Waals surface area contributed by atoms with Crippen LogP contribution in [0.1, 0.15) is 19.4 Å². The van der Waals surface area contributed by atoms with Gasteiger partial charge >= 0.3 is 0 Å². The highest BCUT2D eigenvalue weighted by Gasteiger charge is 2.20. The first-order valence-electron chi connectivity index (χ1n) is 7.53. The fraction of sp³-hybridized carbons (Fsp3) is 0.167. The lowest BCUT2D eigenvalue weighted by atomic mass is 9.98. The van der Waals surface area contributed by atoms with Gasteiger partial charge in [-0.15, -0.1) is 0 Å². The summed E-state index contributed by atoms with van der Waals surface area (Å²) in [4.78, 5) is 8.16. The topological polar surface area (TPSA) is 111 Å². The summed E-state index contributed by atoms with van der Waals surface area (Å²) in [5.41, 5.74) is 12.9. The number of fused-ring (bicyclic) bond motifs is 1. The molecule has 0 saturated carbocycles. The minimum atomic E-state index is -0.0352. The van der Waals surface area contributed by atoms with Crippen molar-refractivity contribution in [2.45, 2.75) is 20.0 Å². The molecule has 0 saturated heterocycles. The maximum absolute atomic E-state index is 9.50. The van der Waals surface area contributed by atoms with E-state index in [0.29, 0.717) is 17.0 Å². The van der Waals surface area contributed by atoms with Crippen molar-refractivity contribution in [3.8, 4) is 23.1 Å². The number of benzene rings is 2. The molecular formula is C18H17N5O. The highest BCUT2D eigenvalue weighted by molar-refractivity contribution is 6.00. The summed E-state index contributed by atoms with van der Waals surface area (Å²) in [6.07, 6.45) is -0.0352. The van der Waals surface area contributed by atoms with Gasteiger partial charge in [0, 0.05) is 0 Å². The van der Waals surface area contributed by atoms with Gasteiger partial charge in [0.15, 0.2) is 0 Å². The van der Waals surface area contributed by atoms with E-state index < -0.39 is 0 Å². The molecule has 0 aliphatic carbocycles. The van der Waals surface area contributed by atoms with Crippen molar-refractivity contribution in [1.29, 1.82) is 5.26 Å². The second-order valence-electron chi connectivity index (χ2n) is 5.63. The molecule has 0 aliphatic heterocycles. The van der Waals surface area contributed by atoms with Gasteiger partial charge in [0.1, 0.15) is 28.9 Å². The molecular weight excluding hydrogens is 302 g/mol. The Morgan fingerprint density at radius 3 is 2.54 bits per heavy atom. The molecule has 120 valence electrons. The number of rotatable bonds is 3. The lowest BCUT2D eigenvalue weighted by Gasteiger charge is -2.17. The predicted octanol–water partition coefficient (Wildman–Crippen LogP) is 3.12. The Morgan fingerprint density at radius 1 is 1.08 bits per heavy atom. The number of hydrogen-bond acceptors (Lipinski definition) is 6. The Hall–Kier alpha value is -3.33. The van der Waals surface area contributed by atoms with Gasteiger partial charge in [0.25, 0.3) is 0 Å². The zero-order valence-electron chi connectivity index (χ0n) is 13.4. The SMILES string of the molecule is CC(C)Oc1ccc2ccccc2c1-c1nc(N)nc(N)c1C#N. The van der Waals surface area contributed by atoms with Crippen molar-refractivity contribution in [3.05, 3.63) is 42.0 Å². The molecule has 6 nitrogen and oxygen atoms in total. The molecule has 0 aliphatic rings. The zero-order valence-corrected chi connectivity index (χ0v) is 13.4. The first-order valence-corrected chi connectivity index (χ1v) is 7.53. The van der Waals surface area contributed by atoms with Gasteiger partial charge in [-0.1, -0.05) is 30.3 Å². The van der Waals surface area contributed by atoms with E-state index in [2.05, 4.69) is 16.0 Å². The van der Waals surface area contributed by atoms with Crippen molar-refractivity contribution >= 4 is 22.5 Å². The molecule has 6 heteroatoms. The van der Waals surface area contributed by atoms with Crippen molar-refractivity contribution in [2.75, 3.05) is 11.5 Å². The number of hydrogen-bond donors (Lipinski definition) is 2. The van der Waals surface area contributed by atoms with Crippen LogP contribution < -0.4 is 16.2 Å². The fourth-order valence-electron chi connectivity index (χ4n) is 2.64. The predicted molar refractivity (Wildman–Crippen MR) is 94.3 cm³/mol. The van der Waals surface area contributed by atoms with Gasteiger partial charge < -0.3 is 16.2 Å². The van der Waals surface area contributed by atoms with Crippen molar-refractivity contribution < 1.29 is 4.74 Å². The zero-order chi connectivity index (χ0) is 17.3. The highest BCUT2D eigenvalue weighted by atomic mass is 16.5. The standard InChI is InChI=1S/C18H17N5O/c1-10(2)24-14-8-7-11-5-3-4-6-12(11)15(14)16-13(9-19)17(20)23-18(21)22-16/h3-8,10H,1-2H3,(H4,20,21,22,23). The Balaban J connectivity index is 2.42. The molecule has 24 heavy (non-hydrogen) atoms. The van der Waals surface area contributed by atoms with Gasteiger partial charge in [0.2, 0.25) is 5.95 Å². The Kier molecular flexibility index (Phi) is 3.92. The van der Waals surface area contributed by atoms with Crippen LogP contribution in [0.25, 0.3) is 22.0 Å². The number of ether oxygens (including phenoxy) is 1. The normalized spacial score (nSPS) is 10.8. The van der Waals surface area contributed by atoms with E-state index in [1.807, 2.05) is 50.2 Å². The number of nitriles is 1. The smallest absolute Gasteiger partial charge is 0.222 e. The van der Waals surface area contributed by atoms with Gasteiger partial charge in [-0.3, -0.25) is 0 Å². The number of aromatic nitrogens is 2. The van der Waals surface area contributed by atoms with Crippen LogP contribution in [0.2, 0.25) is 0 Å². The van der Waals surface area contributed by atoms with Crippen LogP contribution in [0.15, 0.2) is 36.4 Å². The summed E-state index contributed by atoms with van der Waals surface area (Å²) in [6, 6.07) is 13.7. The Bertz CT molecular complexity index is 960. The summed E-state index contributed by atoms with van der Waals surface area (Å²) in [7, 11) is 0. The van der Waals surface area contributed by atoms with E-state index in [4.69, 9.17) is 16.2 Å². The summed E-state index contributed by atoms with van der Waals surface area (Å²) in [5, 5.41) is 11.4. The number of nitrogens with two attached hydrogens (primary N) is 2.